The van der Waals surface area contributed by atoms with Crippen molar-refractivity contribution in [2.45, 2.75) is 31.7 Å². The van der Waals surface area contributed by atoms with Crippen LogP contribution in [0.5, 0.6) is 0 Å². The van der Waals surface area contributed by atoms with E-state index >= 15 is 0 Å². The zero-order valence-electron chi connectivity index (χ0n) is 11.5. The lowest BCUT2D eigenvalue weighted by Gasteiger charge is -2.17. The number of nitrogens with one attached hydrogen (secondary N) is 1. The van der Waals surface area contributed by atoms with Crippen LogP contribution in [-0.2, 0) is 12.8 Å². The van der Waals surface area contributed by atoms with E-state index in [2.05, 4.69) is 63.0 Å². The Bertz CT molecular complexity index is 516. The van der Waals surface area contributed by atoms with Crippen LogP contribution in [0.2, 0.25) is 0 Å². The van der Waals surface area contributed by atoms with E-state index in [9.17, 15) is 0 Å². The van der Waals surface area contributed by atoms with Gasteiger partial charge in [-0.25, -0.2) is 0 Å². The Morgan fingerprint density at radius 3 is 2.60 bits per heavy atom. The fraction of sp³-hybridized carbons (Fsp3) is 0.412. The number of benzene rings is 1. The minimum absolute atomic E-state index is 0.690. The quantitative estimate of drug-likeness (QED) is 0.766. The Hall–Kier alpha value is -0.640. The van der Waals surface area contributed by atoms with Crippen LogP contribution in [0.25, 0.3) is 0 Å². The topological polar surface area (TPSA) is 12.0 Å². The molecule has 3 rings (SSSR count). The molecule has 0 saturated heterocycles. The molecule has 2 aromatic rings. The highest BCUT2D eigenvalue weighted by atomic mass is 79.9. The van der Waals surface area contributed by atoms with E-state index in [0.717, 1.165) is 23.5 Å². The first-order chi connectivity index (χ1) is 9.79. The first-order valence-corrected chi connectivity index (χ1v) is 8.97. The molecule has 1 unspecified atom stereocenters. The molecule has 1 aromatic heterocycles. The first-order valence-electron chi connectivity index (χ1n) is 7.30. The molecular weight excluding hydrogens is 330 g/mol. The first kappa shape index (κ1) is 14.3. The maximum Gasteiger partial charge on any atom is 0.0175 e. The monoisotopic (exact) mass is 349 g/mol. The van der Waals surface area contributed by atoms with Crippen LogP contribution >= 0.6 is 27.3 Å². The maximum absolute atomic E-state index is 3.70. The second-order valence-electron chi connectivity index (χ2n) is 5.66. The Balaban J connectivity index is 1.61. The SMILES string of the molecule is Brc1ccc(CC(CNC2CC2)Cc2cccs2)cc1. The largest absolute Gasteiger partial charge is 0.314 e. The van der Waals surface area contributed by atoms with Gasteiger partial charge in [0.25, 0.3) is 0 Å². The third kappa shape index (κ3) is 4.44. The summed E-state index contributed by atoms with van der Waals surface area (Å²) >= 11 is 5.39. The van der Waals surface area contributed by atoms with Crippen molar-refractivity contribution < 1.29 is 0 Å². The second-order valence-corrected chi connectivity index (χ2v) is 7.61. The molecule has 20 heavy (non-hydrogen) atoms. The number of thiophene rings is 1. The molecule has 1 aliphatic rings. The van der Waals surface area contributed by atoms with Crippen LogP contribution in [0.1, 0.15) is 23.3 Å². The molecule has 0 spiro atoms. The van der Waals surface area contributed by atoms with Crippen molar-refractivity contribution in [3.8, 4) is 0 Å². The van der Waals surface area contributed by atoms with Gasteiger partial charge in [-0.15, -0.1) is 11.3 Å². The average molecular weight is 350 g/mol. The Morgan fingerprint density at radius 2 is 1.95 bits per heavy atom. The highest BCUT2D eigenvalue weighted by molar-refractivity contribution is 9.10. The van der Waals surface area contributed by atoms with Gasteiger partial charge in [0, 0.05) is 15.4 Å². The summed E-state index contributed by atoms with van der Waals surface area (Å²) in [6, 6.07) is 14.0. The van der Waals surface area contributed by atoms with Gasteiger partial charge in [-0.1, -0.05) is 34.1 Å². The van der Waals surface area contributed by atoms with Crippen molar-refractivity contribution in [3.63, 3.8) is 0 Å². The van der Waals surface area contributed by atoms with Crippen LogP contribution < -0.4 is 5.32 Å². The number of rotatable bonds is 7. The zero-order valence-corrected chi connectivity index (χ0v) is 13.9. The molecule has 1 N–H and O–H groups in total. The smallest absolute Gasteiger partial charge is 0.0175 e. The minimum Gasteiger partial charge on any atom is -0.314 e. The van der Waals surface area contributed by atoms with Gasteiger partial charge in [-0.3, -0.25) is 0 Å². The van der Waals surface area contributed by atoms with Crippen molar-refractivity contribution in [3.05, 3.63) is 56.7 Å². The molecule has 106 valence electrons. The molecule has 1 heterocycles. The van der Waals surface area contributed by atoms with Gasteiger partial charge in [0.2, 0.25) is 0 Å². The average Bonchev–Trinajstić information content (AvgIpc) is 3.15. The van der Waals surface area contributed by atoms with E-state index in [0.29, 0.717) is 5.92 Å². The summed E-state index contributed by atoms with van der Waals surface area (Å²) in [6.07, 6.45) is 5.08. The molecule has 1 atom stereocenters. The number of hydrogen-bond acceptors (Lipinski definition) is 2. The Kier molecular flexibility index (Phi) is 4.92. The third-order valence-corrected chi connectivity index (χ3v) is 5.21. The maximum atomic E-state index is 3.70. The predicted octanol–water partition coefficient (Wildman–Crippen LogP) is 4.66. The number of halogens is 1. The fourth-order valence-electron chi connectivity index (χ4n) is 2.50. The second kappa shape index (κ2) is 6.88. The van der Waals surface area contributed by atoms with E-state index < -0.39 is 0 Å². The molecule has 1 aromatic carbocycles. The summed E-state index contributed by atoms with van der Waals surface area (Å²) in [5.74, 6) is 0.690. The van der Waals surface area contributed by atoms with Crippen molar-refractivity contribution in [1.82, 2.24) is 5.32 Å². The third-order valence-electron chi connectivity index (χ3n) is 3.78. The molecule has 1 aliphatic carbocycles. The summed E-state index contributed by atoms with van der Waals surface area (Å²) in [7, 11) is 0. The Morgan fingerprint density at radius 1 is 1.15 bits per heavy atom. The minimum atomic E-state index is 0.690. The van der Waals surface area contributed by atoms with Gasteiger partial charge in [-0.05, 0) is 67.3 Å². The molecule has 1 saturated carbocycles. The molecular formula is C17H20BrNS. The fourth-order valence-corrected chi connectivity index (χ4v) is 3.59. The summed E-state index contributed by atoms with van der Waals surface area (Å²) in [5.41, 5.74) is 1.44. The molecule has 0 bridgehead atoms. The lowest BCUT2D eigenvalue weighted by molar-refractivity contribution is 0.471. The summed E-state index contributed by atoms with van der Waals surface area (Å²) < 4.78 is 1.16. The van der Waals surface area contributed by atoms with E-state index in [4.69, 9.17) is 0 Å². The van der Waals surface area contributed by atoms with E-state index in [1.54, 1.807) is 0 Å². The van der Waals surface area contributed by atoms with Crippen molar-refractivity contribution in [2.24, 2.45) is 5.92 Å². The van der Waals surface area contributed by atoms with Crippen molar-refractivity contribution in [2.75, 3.05) is 6.54 Å². The highest BCUT2D eigenvalue weighted by Crippen LogP contribution is 2.22. The summed E-state index contributed by atoms with van der Waals surface area (Å²) in [5, 5.41) is 5.88. The highest BCUT2D eigenvalue weighted by Gasteiger charge is 2.22. The van der Waals surface area contributed by atoms with Crippen LogP contribution in [0.4, 0.5) is 0 Å². The van der Waals surface area contributed by atoms with Crippen LogP contribution in [-0.4, -0.2) is 12.6 Å². The van der Waals surface area contributed by atoms with Crippen LogP contribution in [0.3, 0.4) is 0 Å². The number of hydrogen-bond donors (Lipinski definition) is 1. The molecule has 1 fully saturated rings. The Labute approximate surface area is 133 Å². The van der Waals surface area contributed by atoms with Gasteiger partial charge in [0.1, 0.15) is 0 Å². The van der Waals surface area contributed by atoms with Gasteiger partial charge >= 0.3 is 0 Å². The molecule has 0 aliphatic heterocycles. The van der Waals surface area contributed by atoms with E-state index in [1.807, 2.05) is 11.3 Å². The van der Waals surface area contributed by atoms with Gasteiger partial charge in [0.15, 0.2) is 0 Å². The van der Waals surface area contributed by atoms with Gasteiger partial charge in [0.05, 0.1) is 0 Å². The molecule has 3 heteroatoms. The molecule has 1 nitrogen and oxygen atoms in total. The molecule has 0 amide bonds. The van der Waals surface area contributed by atoms with E-state index in [1.165, 1.54) is 29.7 Å². The molecule has 0 radical (unpaired) electrons. The van der Waals surface area contributed by atoms with Crippen molar-refractivity contribution in [1.29, 1.82) is 0 Å². The lowest BCUT2D eigenvalue weighted by Crippen LogP contribution is -2.27. The standard InChI is InChI=1S/C17H20BrNS/c18-15-5-3-13(4-6-15)10-14(12-19-16-7-8-16)11-17-2-1-9-20-17/h1-6,9,14,16,19H,7-8,10-12H2. The van der Waals surface area contributed by atoms with Crippen LogP contribution in [0.15, 0.2) is 46.3 Å². The van der Waals surface area contributed by atoms with Gasteiger partial charge in [-0.2, -0.15) is 0 Å². The van der Waals surface area contributed by atoms with Gasteiger partial charge < -0.3 is 5.32 Å². The lowest BCUT2D eigenvalue weighted by atomic mass is 9.95. The predicted molar refractivity (Wildman–Crippen MR) is 90.4 cm³/mol. The normalized spacial score (nSPS) is 16.2. The summed E-state index contributed by atoms with van der Waals surface area (Å²) in [4.78, 5) is 1.50. The van der Waals surface area contributed by atoms with E-state index in [-0.39, 0.29) is 0 Å². The zero-order chi connectivity index (χ0) is 13.8. The van der Waals surface area contributed by atoms with Crippen molar-refractivity contribution >= 4 is 27.3 Å². The van der Waals surface area contributed by atoms with Crippen LogP contribution in [0, 0.1) is 5.92 Å². The summed E-state index contributed by atoms with van der Waals surface area (Å²) in [6.45, 7) is 1.14.